The second-order valence-electron chi connectivity index (χ2n) is 4.54. The van der Waals surface area contributed by atoms with Crippen LogP contribution in [0.15, 0.2) is 53.0 Å². The minimum absolute atomic E-state index is 0.326. The van der Waals surface area contributed by atoms with Gasteiger partial charge in [0.2, 0.25) is 0 Å². The fourth-order valence-electron chi connectivity index (χ4n) is 1.99. The van der Waals surface area contributed by atoms with Crippen LogP contribution in [0.1, 0.15) is 18.1 Å². The zero-order valence-corrected chi connectivity index (χ0v) is 12.3. The van der Waals surface area contributed by atoms with Crippen LogP contribution in [0.5, 0.6) is 0 Å². The van der Waals surface area contributed by atoms with Crippen molar-refractivity contribution in [3.63, 3.8) is 0 Å². The lowest BCUT2D eigenvalue weighted by molar-refractivity contribution is 0.789. The van der Waals surface area contributed by atoms with Gasteiger partial charge in [-0.2, -0.15) is 5.26 Å². The fourth-order valence-corrected chi connectivity index (χ4v) is 2.48. The van der Waals surface area contributed by atoms with Gasteiger partial charge >= 0.3 is 0 Å². The van der Waals surface area contributed by atoms with E-state index in [2.05, 4.69) is 58.5 Å². The van der Waals surface area contributed by atoms with Crippen LogP contribution in [0, 0.1) is 11.3 Å². The molecule has 0 fully saturated rings. The number of hydrogen-bond donors (Lipinski definition) is 1. The zero-order valence-electron chi connectivity index (χ0n) is 10.7. The highest BCUT2D eigenvalue weighted by molar-refractivity contribution is 9.10. The number of halogens is 1. The third-order valence-corrected chi connectivity index (χ3v) is 3.54. The minimum Gasteiger partial charge on any atom is -0.381 e. The number of hydrogen-bond acceptors (Lipinski definition) is 2. The first-order valence-electron chi connectivity index (χ1n) is 6.19. The predicted octanol–water partition coefficient (Wildman–Crippen LogP) is 4.36. The summed E-state index contributed by atoms with van der Waals surface area (Å²) in [7, 11) is 0. The summed E-state index contributed by atoms with van der Waals surface area (Å²) in [5, 5.41) is 12.3. The number of anilines is 1. The molecule has 3 heteroatoms. The molecule has 2 aromatic carbocycles. The lowest BCUT2D eigenvalue weighted by atomic mass is 10.1. The van der Waals surface area contributed by atoms with Gasteiger partial charge in [0.1, 0.15) is 0 Å². The van der Waals surface area contributed by atoms with E-state index in [0.29, 0.717) is 11.6 Å². The van der Waals surface area contributed by atoms with Gasteiger partial charge in [-0.15, -0.1) is 0 Å². The van der Waals surface area contributed by atoms with E-state index in [-0.39, 0.29) is 0 Å². The summed E-state index contributed by atoms with van der Waals surface area (Å²) in [4.78, 5) is 0. The third kappa shape index (κ3) is 3.84. The summed E-state index contributed by atoms with van der Waals surface area (Å²) in [5.41, 5.74) is 2.99. The number of nitrogens with one attached hydrogen (secondary N) is 1. The Morgan fingerprint density at radius 3 is 2.58 bits per heavy atom. The molecule has 0 radical (unpaired) electrons. The number of rotatable bonds is 4. The Morgan fingerprint density at radius 2 is 1.95 bits per heavy atom. The molecule has 0 amide bonds. The van der Waals surface area contributed by atoms with Gasteiger partial charge in [0, 0.05) is 16.2 Å². The molecular formula is C16H15BrN2. The second-order valence-corrected chi connectivity index (χ2v) is 5.40. The molecule has 0 saturated heterocycles. The molecule has 1 atom stereocenters. The summed E-state index contributed by atoms with van der Waals surface area (Å²) in [6, 6.07) is 18.4. The van der Waals surface area contributed by atoms with Crippen LogP contribution in [-0.2, 0) is 6.42 Å². The molecule has 2 aromatic rings. The summed E-state index contributed by atoms with van der Waals surface area (Å²) in [6.07, 6.45) is 0.966. The lowest BCUT2D eigenvalue weighted by Crippen LogP contribution is -2.18. The van der Waals surface area contributed by atoms with E-state index in [4.69, 9.17) is 5.26 Å². The van der Waals surface area contributed by atoms with Gasteiger partial charge in [-0.3, -0.25) is 0 Å². The quantitative estimate of drug-likeness (QED) is 0.910. The van der Waals surface area contributed by atoms with Crippen LogP contribution in [-0.4, -0.2) is 6.04 Å². The summed E-state index contributed by atoms with van der Waals surface area (Å²) in [5.74, 6) is 0. The van der Waals surface area contributed by atoms with Crippen LogP contribution in [0.4, 0.5) is 5.69 Å². The van der Waals surface area contributed by atoms with E-state index in [1.54, 1.807) is 0 Å². The van der Waals surface area contributed by atoms with Gasteiger partial charge < -0.3 is 5.32 Å². The maximum absolute atomic E-state index is 8.84. The first-order valence-corrected chi connectivity index (χ1v) is 6.98. The highest BCUT2D eigenvalue weighted by Crippen LogP contribution is 2.24. The third-order valence-electron chi connectivity index (χ3n) is 2.88. The normalized spacial score (nSPS) is 11.6. The number of nitrogens with zero attached hydrogens (tertiary/aromatic N) is 1. The first-order chi connectivity index (χ1) is 9.19. The molecule has 0 aromatic heterocycles. The molecule has 19 heavy (non-hydrogen) atoms. The van der Waals surface area contributed by atoms with Gasteiger partial charge in [-0.25, -0.2) is 0 Å². The highest BCUT2D eigenvalue weighted by atomic mass is 79.9. The van der Waals surface area contributed by atoms with Crippen molar-refractivity contribution in [3.05, 3.63) is 64.1 Å². The molecule has 0 aliphatic rings. The summed E-state index contributed by atoms with van der Waals surface area (Å²) >= 11 is 3.49. The van der Waals surface area contributed by atoms with E-state index in [9.17, 15) is 0 Å². The first kappa shape index (κ1) is 13.6. The van der Waals surface area contributed by atoms with Crippen molar-refractivity contribution in [2.45, 2.75) is 19.4 Å². The minimum atomic E-state index is 0.326. The molecule has 2 nitrogen and oxygen atoms in total. The molecule has 0 saturated carbocycles. The Bertz CT molecular complexity index is 587. The van der Waals surface area contributed by atoms with Gasteiger partial charge in [0.05, 0.1) is 11.6 Å². The summed E-state index contributed by atoms with van der Waals surface area (Å²) < 4.78 is 0.923. The van der Waals surface area contributed by atoms with Gasteiger partial charge in [-0.05, 0) is 53.0 Å². The fraction of sp³-hybridized carbons (Fsp3) is 0.188. The molecule has 0 spiro atoms. The maximum Gasteiger partial charge on any atom is 0.0992 e. The Kier molecular flexibility index (Phi) is 4.59. The molecule has 0 aliphatic heterocycles. The van der Waals surface area contributed by atoms with Gasteiger partial charge in [0.25, 0.3) is 0 Å². The van der Waals surface area contributed by atoms with Crippen LogP contribution in [0.25, 0.3) is 0 Å². The molecule has 0 aliphatic carbocycles. The SMILES string of the molecule is CC(Cc1ccccc1)Nc1ccc(C#N)cc1Br. The van der Waals surface area contributed by atoms with Crippen molar-refractivity contribution in [3.8, 4) is 6.07 Å². The highest BCUT2D eigenvalue weighted by Gasteiger charge is 2.06. The number of nitriles is 1. The predicted molar refractivity (Wildman–Crippen MR) is 82.1 cm³/mol. The molecule has 0 bridgehead atoms. The molecule has 1 unspecified atom stereocenters. The van der Waals surface area contributed by atoms with Crippen molar-refractivity contribution >= 4 is 21.6 Å². The Hall–Kier alpha value is -1.79. The van der Waals surface area contributed by atoms with Gasteiger partial charge in [0.15, 0.2) is 0 Å². The standard InChI is InChI=1S/C16H15BrN2/c1-12(9-13-5-3-2-4-6-13)19-16-8-7-14(11-18)10-15(16)17/h2-8,10,12,19H,9H2,1H3. The van der Waals surface area contributed by atoms with Crippen molar-refractivity contribution in [2.75, 3.05) is 5.32 Å². The smallest absolute Gasteiger partial charge is 0.0992 e. The van der Waals surface area contributed by atoms with Crippen LogP contribution in [0.3, 0.4) is 0 Å². The Morgan fingerprint density at radius 1 is 1.21 bits per heavy atom. The maximum atomic E-state index is 8.84. The Labute approximate surface area is 122 Å². The average molecular weight is 315 g/mol. The Balaban J connectivity index is 2.03. The molecule has 0 heterocycles. The topological polar surface area (TPSA) is 35.8 Å². The average Bonchev–Trinajstić information content (AvgIpc) is 2.42. The molecule has 2 rings (SSSR count). The largest absolute Gasteiger partial charge is 0.381 e. The van der Waals surface area contributed by atoms with Gasteiger partial charge in [-0.1, -0.05) is 30.3 Å². The molecule has 1 N–H and O–H groups in total. The van der Waals surface area contributed by atoms with E-state index < -0.39 is 0 Å². The second kappa shape index (κ2) is 6.40. The van der Waals surface area contributed by atoms with E-state index in [0.717, 1.165) is 16.6 Å². The van der Waals surface area contributed by atoms with Crippen LogP contribution >= 0.6 is 15.9 Å². The molecular weight excluding hydrogens is 300 g/mol. The lowest BCUT2D eigenvalue weighted by Gasteiger charge is -2.16. The van der Waals surface area contributed by atoms with Crippen molar-refractivity contribution < 1.29 is 0 Å². The van der Waals surface area contributed by atoms with Crippen molar-refractivity contribution in [2.24, 2.45) is 0 Å². The monoisotopic (exact) mass is 314 g/mol. The van der Waals surface area contributed by atoms with E-state index >= 15 is 0 Å². The van der Waals surface area contributed by atoms with Crippen molar-refractivity contribution in [1.82, 2.24) is 0 Å². The van der Waals surface area contributed by atoms with Crippen LogP contribution in [0.2, 0.25) is 0 Å². The van der Waals surface area contributed by atoms with E-state index in [1.807, 2.05) is 24.3 Å². The van der Waals surface area contributed by atoms with E-state index in [1.165, 1.54) is 5.56 Å². The molecule has 96 valence electrons. The number of benzene rings is 2. The summed E-state index contributed by atoms with van der Waals surface area (Å²) in [6.45, 7) is 2.15. The zero-order chi connectivity index (χ0) is 13.7. The van der Waals surface area contributed by atoms with Crippen molar-refractivity contribution in [1.29, 1.82) is 5.26 Å². The van der Waals surface area contributed by atoms with Crippen LogP contribution < -0.4 is 5.32 Å².